The molecular formula is C22H41N2O5+. The highest BCUT2D eigenvalue weighted by atomic mass is 16.6. The number of quaternary nitrogens is 1. The Morgan fingerprint density at radius 3 is 1.52 bits per heavy atom. The zero-order valence-electron chi connectivity index (χ0n) is 19.5. The summed E-state index contributed by atoms with van der Waals surface area (Å²) in [5.74, 6) is -0.728. The van der Waals surface area contributed by atoms with Crippen LogP contribution in [-0.4, -0.2) is 56.6 Å². The Labute approximate surface area is 175 Å². The fraction of sp³-hybridized carbons (Fsp3) is 0.909. The number of carbonyl (C=O) groups is 2. The summed E-state index contributed by atoms with van der Waals surface area (Å²) in [6, 6.07) is 0. The Morgan fingerprint density at radius 1 is 0.793 bits per heavy atom. The summed E-state index contributed by atoms with van der Waals surface area (Å²) in [7, 11) is 0. The molecule has 7 heteroatoms. The lowest BCUT2D eigenvalue weighted by Gasteiger charge is -2.50. The molecule has 7 nitrogen and oxygen atoms in total. The molecule has 3 N–H and O–H groups in total. The van der Waals surface area contributed by atoms with Gasteiger partial charge in [-0.2, -0.15) is 5.06 Å². The van der Waals surface area contributed by atoms with Gasteiger partial charge in [-0.1, -0.05) is 0 Å². The quantitative estimate of drug-likeness (QED) is 0.673. The van der Waals surface area contributed by atoms with E-state index in [0.29, 0.717) is 12.8 Å². The zero-order chi connectivity index (χ0) is 22.3. The van der Waals surface area contributed by atoms with E-state index in [1.165, 1.54) is 5.06 Å². The molecule has 0 bridgehead atoms. The van der Waals surface area contributed by atoms with Crippen molar-refractivity contribution in [3.8, 4) is 0 Å². The molecule has 0 aliphatic carbocycles. The average molecular weight is 414 g/mol. The van der Waals surface area contributed by atoms with Crippen LogP contribution in [-0.2, 0) is 19.1 Å². The Hall–Kier alpha value is -1.18. The Bertz CT molecular complexity index is 593. The number of hydrogen-bond donors (Lipinski definition) is 2. The first-order valence-electron chi connectivity index (χ1n) is 10.8. The van der Waals surface area contributed by atoms with Gasteiger partial charge >= 0.3 is 11.9 Å². The second-order valence-corrected chi connectivity index (χ2v) is 11.6. The van der Waals surface area contributed by atoms with Crippen LogP contribution in [0.25, 0.3) is 0 Å². The van der Waals surface area contributed by atoms with E-state index in [1.54, 1.807) is 0 Å². The maximum Gasteiger partial charge on any atom is 0.306 e. The average Bonchev–Trinajstić information content (AvgIpc) is 2.46. The predicted octanol–water partition coefficient (Wildman–Crippen LogP) is 2.55. The molecule has 2 aliphatic rings. The van der Waals surface area contributed by atoms with Crippen LogP contribution in [0.1, 0.15) is 93.9 Å². The van der Waals surface area contributed by atoms with Gasteiger partial charge in [-0.3, -0.25) is 9.59 Å². The Balaban J connectivity index is 1.81. The van der Waals surface area contributed by atoms with E-state index in [0.717, 1.165) is 12.8 Å². The minimum atomic E-state index is -0.483. The zero-order valence-corrected chi connectivity index (χ0v) is 19.5. The van der Waals surface area contributed by atoms with Crippen LogP contribution in [0.5, 0.6) is 0 Å². The number of nitrogens with zero attached hydrogens (tertiary/aromatic N) is 1. The highest BCUT2D eigenvalue weighted by Gasteiger charge is 2.46. The molecular weight excluding hydrogens is 372 g/mol. The lowest BCUT2D eigenvalue weighted by Crippen LogP contribution is -3.06. The summed E-state index contributed by atoms with van der Waals surface area (Å²) in [4.78, 5) is 24.6. The molecule has 2 saturated heterocycles. The summed E-state index contributed by atoms with van der Waals surface area (Å²) < 4.78 is 11.3. The second-order valence-electron chi connectivity index (χ2n) is 11.6. The highest BCUT2D eigenvalue weighted by Crippen LogP contribution is 2.38. The van der Waals surface area contributed by atoms with E-state index in [9.17, 15) is 14.8 Å². The Morgan fingerprint density at radius 2 is 1.14 bits per heavy atom. The van der Waals surface area contributed by atoms with Gasteiger partial charge in [-0.15, -0.1) is 0 Å². The predicted molar refractivity (Wildman–Crippen MR) is 109 cm³/mol. The Kier molecular flexibility index (Phi) is 6.78. The normalized spacial score (nSPS) is 26.7. The molecule has 0 aromatic heterocycles. The standard InChI is InChI=1S/C22H40N2O5/c1-19(2)11-15(12-20(3,4)23-19)28-17(25)9-10-18(26)29-16-13-21(5,6)24(27)22(7,8)14-16/h15-16,23,27H,9-14H2,1-8H3/p+1. The van der Waals surface area contributed by atoms with E-state index < -0.39 is 11.1 Å². The minimum absolute atomic E-state index is 0.0185. The maximum atomic E-state index is 12.3. The SMILES string of the molecule is CC1(C)CC(OC(=O)CCC(=O)OC2CC(C)(C)N(O)C(C)(C)C2)CC(C)(C)[NH2+]1. The number of hydroxylamine groups is 2. The summed E-state index contributed by atoms with van der Waals surface area (Å²) in [5, 5.41) is 14.0. The molecule has 168 valence electrons. The molecule has 0 radical (unpaired) electrons. The van der Waals surface area contributed by atoms with Crippen molar-refractivity contribution in [1.82, 2.24) is 5.06 Å². The van der Waals surface area contributed by atoms with Crippen molar-refractivity contribution in [2.45, 2.75) is 128 Å². The molecule has 0 aromatic rings. The lowest BCUT2D eigenvalue weighted by atomic mass is 9.80. The largest absolute Gasteiger partial charge is 0.462 e. The van der Waals surface area contributed by atoms with E-state index in [2.05, 4.69) is 33.0 Å². The van der Waals surface area contributed by atoms with Gasteiger partial charge in [0.15, 0.2) is 0 Å². The fourth-order valence-electron chi connectivity index (χ4n) is 5.46. The number of piperidine rings is 2. The van der Waals surface area contributed by atoms with Crippen molar-refractivity contribution in [2.75, 3.05) is 0 Å². The molecule has 2 rings (SSSR count). The van der Waals surface area contributed by atoms with Gasteiger partial charge in [0.2, 0.25) is 0 Å². The van der Waals surface area contributed by atoms with Crippen LogP contribution in [0.3, 0.4) is 0 Å². The van der Waals surface area contributed by atoms with Crippen LogP contribution in [0.2, 0.25) is 0 Å². The number of rotatable bonds is 5. The topological polar surface area (TPSA) is 92.7 Å². The molecule has 0 spiro atoms. The van der Waals surface area contributed by atoms with Crippen LogP contribution in [0.15, 0.2) is 0 Å². The van der Waals surface area contributed by atoms with Crippen LogP contribution < -0.4 is 5.32 Å². The van der Waals surface area contributed by atoms with Crippen molar-refractivity contribution in [3.63, 3.8) is 0 Å². The maximum absolute atomic E-state index is 12.3. The van der Waals surface area contributed by atoms with Gasteiger partial charge < -0.3 is 20.0 Å². The summed E-state index contributed by atoms with van der Waals surface area (Å²) >= 11 is 0. The molecule has 2 aliphatic heterocycles. The molecule has 0 atom stereocenters. The smallest absolute Gasteiger partial charge is 0.306 e. The molecule has 29 heavy (non-hydrogen) atoms. The third-order valence-electron chi connectivity index (χ3n) is 6.02. The third kappa shape index (κ3) is 6.66. The number of carbonyl (C=O) groups excluding carboxylic acids is 2. The first kappa shape index (κ1) is 24.1. The molecule has 0 amide bonds. The monoisotopic (exact) mass is 413 g/mol. The summed E-state index contributed by atoms with van der Waals surface area (Å²) in [5.41, 5.74) is -0.925. The van der Waals surface area contributed by atoms with Crippen molar-refractivity contribution in [1.29, 1.82) is 0 Å². The van der Waals surface area contributed by atoms with E-state index in [1.807, 2.05) is 27.7 Å². The third-order valence-corrected chi connectivity index (χ3v) is 6.02. The van der Waals surface area contributed by atoms with Crippen molar-refractivity contribution < 1.29 is 29.6 Å². The van der Waals surface area contributed by atoms with Crippen molar-refractivity contribution in [3.05, 3.63) is 0 Å². The number of nitrogens with two attached hydrogens (primary N) is 1. The number of esters is 2. The number of ether oxygens (including phenoxy) is 2. The first-order valence-corrected chi connectivity index (χ1v) is 10.8. The van der Waals surface area contributed by atoms with E-state index in [4.69, 9.17) is 9.47 Å². The van der Waals surface area contributed by atoms with Crippen molar-refractivity contribution in [2.24, 2.45) is 0 Å². The van der Waals surface area contributed by atoms with Gasteiger partial charge in [0, 0.05) is 36.8 Å². The molecule has 0 aromatic carbocycles. The minimum Gasteiger partial charge on any atom is -0.462 e. The summed E-state index contributed by atoms with van der Waals surface area (Å²) in [6.07, 6.45) is 2.35. The molecule has 2 fully saturated rings. The van der Waals surface area contributed by atoms with Gasteiger partial charge in [0.25, 0.3) is 0 Å². The van der Waals surface area contributed by atoms with Gasteiger partial charge in [-0.25, -0.2) is 0 Å². The molecule has 0 unspecified atom stereocenters. The first-order chi connectivity index (χ1) is 13.0. The van der Waals surface area contributed by atoms with Crippen molar-refractivity contribution >= 4 is 11.9 Å². The summed E-state index contributed by atoms with van der Waals surface area (Å²) in [6.45, 7) is 16.3. The number of hydrogen-bond acceptors (Lipinski definition) is 6. The fourth-order valence-corrected chi connectivity index (χ4v) is 5.46. The van der Waals surface area contributed by atoms with E-state index in [-0.39, 0.29) is 48.1 Å². The lowest BCUT2D eigenvalue weighted by molar-refractivity contribution is -0.789. The van der Waals surface area contributed by atoms with Crippen LogP contribution >= 0.6 is 0 Å². The molecule has 0 saturated carbocycles. The van der Waals surface area contributed by atoms with Crippen LogP contribution in [0, 0.1) is 0 Å². The van der Waals surface area contributed by atoms with Gasteiger partial charge in [-0.05, 0) is 55.4 Å². The van der Waals surface area contributed by atoms with E-state index >= 15 is 0 Å². The van der Waals surface area contributed by atoms with Gasteiger partial charge in [0.05, 0.1) is 23.9 Å². The highest BCUT2D eigenvalue weighted by molar-refractivity contribution is 5.77. The van der Waals surface area contributed by atoms with Gasteiger partial charge in [0.1, 0.15) is 12.2 Å². The second kappa shape index (κ2) is 8.16. The molecule has 2 heterocycles. The van der Waals surface area contributed by atoms with Crippen LogP contribution in [0.4, 0.5) is 0 Å².